The third-order valence-electron chi connectivity index (χ3n) is 3.76. The Bertz CT molecular complexity index is 833. The second-order valence-corrected chi connectivity index (χ2v) is 6.33. The summed E-state index contributed by atoms with van der Waals surface area (Å²) in [6, 6.07) is 14.8. The molecule has 122 valence electrons. The first-order valence-electron chi connectivity index (χ1n) is 7.58. The quantitative estimate of drug-likeness (QED) is 0.871. The van der Waals surface area contributed by atoms with Crippen molar-refractivity contribution < 1.29 is 9.59 Å². The standard InChI is InChI=1S/C18H16BrN3O2/c1-12-6-2-5-9-16(12)22-17(23)11-10-15(21-22)18(24)20-14-8-4-3-7-13(14)19/h2-9H,10-11H2,1H3,(H,20,24). The molecule has 0 unspecified atom stereocenters. The minimum atomic E-state index is -0.298. The summed E-state index contributed by atoms with van der Waals surface area (Å²) >= 11 is 3.40. The number of carbonyl (C=O) groups excluding carboxylic acids is 2. The summed E-state index contributed by atoms with van der Waals surface area (Å²) in [5.74, 6) is -0.408. The number of halogens is 1. The molecule has 1 N–H and O–H groups in total. The minimum Gasteiger partial charge on any atom is -0.320 e. The lowest BCUT2D eigenvalue weighted by atomic mass is 10.1. The Morgan fingerprint density at radius 2 is 1.83 bits per heavy atom. The molecule has 3 rings (SSSR count). The van der Waals surface area contributed by atoms with E-state index in [-0.39, 0.29) is 18.2 Å². The normalized spacial score (nSPS) is 14.3. The Labute approximate surface area is 148 Å². The van der Waals surface area contributed by atoms with Crippen molar-refractivity contribution in [3.8, 4) is 0 Å². The summed E-state index contributed by atoms with van der Waals surface area (Å²) in [5, 5.41) is 8.45. The third kappa shape index (κ3) is 3.38. The highest BCUT2D eigenvalue weighted by Crippen LogP contribution is 2.25. The van der Waals surface area contributed by atoms with E-state index in [0.717, 1.165) is 10.0 Å². The molecule has 0 saturated carbocycles. The minimum absolute atomic E-state index is 0.109. The summed E-state index contributed by atoms with van der Waals surface area (Å²) in [7, 11) is 0. The Morgan fingerprint density at radius 3 is 2.58 bits per heavy atom. The van der Waals surface area contributed by atoms with Gasteiger partial charge in [-0.1, -0.05) is 30.3 Å². The number of carbonyl (C=O) groups is 2. The summed E-state index contributed by atoms with van der Waals surface area (Å²) in [6.07, 6.45) is 0.591. The maximum Gasteiger partial charge on any atom is 0.271 e. The predicted molar refractivity (Wildman–Crippen MR) is 98.1 cm³/mol. The number of rotatable bonds is 3. The van der Waals surface area contributed by atoms with Gasteiger partial charge in [0, 0.05) is 17.3 Å². The number of aryl methyl sites for hydroxylation is 1. The zero-order valence-corrected chi connectivity index (χ0v) is 14.7. The number of hydrazone groups is 1. The van der Waals surface area contributed by atoms with E-state index in [0.29, 0.717) is 23.5 Å². The van der Waals surface area contributed by atoms with E-state index in [1.807, 2.05) is 49.4 Å². The molecular formula is C18H16BrN3O2. The van der Waals surface area contributed by atoms with Gasteiger partial charge in [-0.05, 0) is 46.6 Å². The Hall–Kier alpha value is -2.47. The molecule has 1 aliphatic rings. The number of anilines is 2. The molecule has 0 aromatic heterocycles. The fourth-order valence-corrected chi connectivity index (χ4v) is 2.85. The van der Waals surface area contributed by atoms with Crippen molar-refractivity contribution in [1.82, 2.24) is 0 Å². The lowest BCUT2D eigenvalue weighted by Crippen LogP contribution is -2.36. The van der Waals surface area contributed by atoms with Gasteiger partial charge < -0.3 is 5.32 Å². The van der Waals surface area contributed by atoms with Gasteiger partial charge in [0.05, 0.1) is 11.4 Å². The van der Waals surface area contributed by atoms with Gasteiger partial charge in [0.15, 0.2) is 0 Å². The average Bonchev–Trinajstić information content (AvgIpc) is 2.58. The molecule has 2 amide bonds. The molecule has 1 aliphatic heterocycles. The topological polar surface area (TPSA) is 61.8 Å². The number of hydrogen-bond donors (Lipinski definition) is 1. The first kappa shape index (κ1) is 16.4. The molecule has 0 radical (unpaired) electrons. The van der Waals surface area contributed by atoms with Crippen LogP contribution in [0.15, 0.2) is 58.1 Å². The molecule has 0 atom stereocenters. The van der Waals surface area contributed by atoms with Crippen LogP contribution in [0.2, 0.25) is 0 Å². The van der Waals surface area contributed by atoms with E-state index in [2.05, 4.69) is 26.3 Å². The van der Waals surface area contributed by atoms with E-state index < -0.39 is 0 Å². The molecule has 0 aliphatic carbocycles. The van der Waals surface area contributed by atoms with Crippen molar-refractivity contribution in [2.45, 2.75) is 19.8 Å². The van der Waals surface area contributed by atoms with Crippen LogP contribution in [0.4, 0.5) is 11.4 Å². The predicted octanol–water partition coefficient (Wildman–Crippen LogP) is 3.88. The van der Waals surface area contributed by atoms with Gasteiger partial charge in [-0.3, -0.25) is 9.59 Å². The highest BCUT2D eigenvalue weighted by molar-refractivity contribution is 9.10. The first-order valence-corrected chi connectivity index (χ1v) is 8.37. The number of benzene rings is 2. The largest absolute Gasteiger partial charge is 0.320 e. The summed E-state index contributed by atoms with van der Waals surface area (Å²) in [5.41, 5.74) is 2.65. The van der Waals surface area contributed by atoms with Gasteiger partial charge in [-0.25, -0.2) is 5.01 Å². The summed E-state index contributed by atoms with van der Waals surface area (Å²) in [6.45, 7) is 1.91. The molecule has 0 spiro atoms. The van der Waals surface area contributed by atoms with Crippen molar-refractivity contribution >= 4 is 44.8 Å². The second kappa shape index (κ2) is 6.97. The number of amides is 2. The molecule has 0 saturated heterocycles. The molecule has 2 aromatic carbocycles. The van der Waals surface area contributed by atoms with Crippen LogP contribution in [0.1, 0.15) is 18.4 Å². The third-order valence-corrected chi connectivity index (χ3v) is 4.45. The number of nitrogens with zero attached hydrogens (tertiary/aromatic N) is 2. The van der Waals surface area contributed by atoms with E-state index in [9.17, 15) is 9.59 Å². The lowest BCUT2D eigenvalue weighted by molar-refractivity contribution is -0.118. The first-order chi connectivity index (χ1) is 11.6. The monoisotopic (exact) mass is 385 g/mol. The van der Waals surface area contributed by atoms with Crippen LogP contribution in [0.5, 0.6) is 0 Å². The number of nitrogens with one attached hydrogen (secondary N) is 1. The van der Waals surface area contributed by atoms with Gasteiger partial charge in [-0.2, -0.15) is 5.10 Å². The Kier molecular flexibility index (Phi) is 4.76. The molecule has 24 heavy (non-hydrogen) atoms. The van der Waals surface area contributed by atoms with Crippen LogP contribution in [0, 0.1) is 6.92 Å². The fraction of sp³-hybridized carbons (Fsp3) is 0.167. The second-order valence-electron chi connectivity index (χ2n) is 5.47. The number of para-hydroxylation sites is 2. The lowest BCUT2D eigenvalue weighted by Gasteiger charge is -2.24. The van der Waals surface area contributed by atoms with Gasteiger partial charge >= 0.3 is 0 Å². The maximum atomic E-state index is 12.5. The SMILES string of the molecule is Cc1ccccc1N1N=C(C(=O)Nc2ccccc2Br)CCC1=O. The Morgan fingerprint density at radius 1 is 1.12 bits per heavy atom. The van der Waals surface area contributed by atoms with Crippen molar-refractivity contribution in [1.29, 1.82) is 0 Å². The number of hydrogen-bond acceptors (Lipinski definition) is 3. The van der Waals surface area contributed by atoms with E-state index >= 15 is 0 Å². The molecule has 0 fully saturated rings. The molecule has 5 nitrogen and oxygen atoms in total. The Balaban J connectivity index is 1.87. The van der Waals surface area contributed by atoms with Gasteiger partial charge in [0.25, 0.3) is 5.91 Å². The van der Waals surface area contributed by atoms with Crippen molar-refractivity contribution in [2.75, 3.05) is 10.3 Å². The van der Waals surface area contributed by atoms with Crippen molar-refractivity contribution in [3.63, 3.8) is 0 Å². The smallest absolute Gasteiger partial charge is 0.271 e. The molecule has 2 aromatic rings. The molecule has 6 heteroatoms. The van der Waals surface area contributed by atoms with Gasteiger partial charge in [-0.15, -0.1) is 0 Å². The molecule has 1 heterocycles. The highest BCUT2D eigenvalue weighted by atomic mass is 79.9. The fourth-order valence-electron chi connectivity index (χ4n) is 2.46. The van der Waals surface area contributed by atoms with Crippen LogP contribution in [-0.4, -0.2) is 17.5 Å². The van der Waals surface area contributed by atoms with Crippen LogP contribution < -0.4 is 10.3 Å². The molecule has 0 bridgehead atoms. The zero-order chi connectivity index (χ0) is 17.1. The van der Waals surface area contributed by atoms with Crippen LogP contribution in [-0.2, 0) is 9.59 Å². The zero-order valence-electron chi connectivity index (χ0n) is 13.1. The maximum absolute atomic E-state index is 12.5. The summed E-state index contributed by atoms with van der Waals surface area (Å²) in [4.78, 5) is 24.7. The van der Waals surface area contributed by atoms with Gasteiger partial charge in [0.2, 0.25) is 5.91 Å². The van der Waals surface area contributed by atoms with E-state index in [1.54, 1.807) is 6.07 Å². The van der Waals surface area contributed by atoms with E-state index in [4.69, 9.17) is 0 Å². The molecular weight excluding hydrogens is 370 g/mol. The van der Waals surface area contributed by atoms with Crippen LogP contribution in [0.25, 0.3) is 0 Å². The van der Waals surface area contributed by atoms with Crippen LogP contribution >= 0.6 is 15.9 Å². The van der Waals surface area contributed by atoms with Crippen molar-refractivity contribution in [2.24, 2.45) is 5.10 Å². The van der Waals surface area contributed by atoms with Gasteiger partial charge in [0.1, 0.15) is 5.71 Å². The summed E-state index contributed by atoms with van der Waals surface area (Å²) < 4.78 is 0.793. The van der Waals surface area contributed by atoms with Crippen molar-refractivity contribution in [3.05, 3.63) is 58.6 Å². The van der Waals surface area contributed by atoms with E-state index in [1.165, 1.54) is 5.01 Å². The average molecular weight is 386 g/mol. The van der Waals surface area contributed by atoms with Crippen LogP contribution in [0.3, 0.4) is 0 Å². The highest BCUT2D eigenvalue weighted by Gasteiger charge is 2.26.